The van der Waals surface area contributed by atoms with Crippen LogP contribution in [-0.4, -0.2) is 21.9 Å². The van der Waals surface area contributed by atoms with Crippen LogP contribution in [0.25, 0.3) is 11.4 Å². The average Bonchev–Trinajstić information content (AvgIpc) is 3.11. The van der Waals surface area contributed by atoms with Crippen molar-refractivity contribution in [2.45, 2.75) is 13.5 Å². The van der Waals surface area contributed by atoms with Gasteiger partial charge in [0.1, 0.15) is 5.75 Å². The molecule has 0 radical (unpaired) electrons. The minimum Gasteiger partial charge on any atom is -0.494 e. The number of rotatable bonds is 6. The molecule has 0 unspecified atom stereocenters. The normalized spacial score (nSPS) is 10.4. The SMILES string of the molecule is CCOc1ccc(NC(=S)NCc2nc(-c3cccc(Br)c3)no2)cc1. The van der Waals surface area contributed by atoms with E-state index in [0.29, 0.717) is 30.0 Å². The predicted octanol–water partition coefficient (Wildman–Crippen LogP) is 4.38. The Hall–Kier alpha value is -2.45. The summed E-state index contributed by atoms with van der Waals surface area (Å²) < 4.78 is 11.6. The molecule has 26 heavy (non-hydrogen) atoms. The fourth-order valence-corrected chi connectivity index (χ4v) is 2.79. The Morgan fingerprint density at radius 2 is 2.04 bits per heavy atom. The maximum Gasteiger partial charge on any atom is 0.246 e. The highest BCUT2D eigenvalue weighted by Gasteiger charge is 2.09. The molecular weight excluding hydrogens is 416 g/mol. The molecule has 0 bridgehead atoms. The Bertz CT molecular complexity index is 883. The van der Waals surface area contributed by atoms with E-state index in [9.17, 15) is 0 Å². The van der Waals surface area contributed by atoms with E-state index in [0.717, 1.165) is 21.5 Å². The van der Waals surface area contributed by atoms with Crippen molar-refractivity contribution in [2.75, 3.05) is 11.9 Å². The van der Waals surface area contributed by atoms with Crippen LogP contribution in [0.5, 0.6) is 5.75 Å². The first-order valence-corrected chi connectivity index (χ1v) is 9.20. The number of ether oxygens (including phenoxy) is 1. The van der Waals surface area contributed by atoms with Gasteiger partial charge in [-0.2, -0.15) is 4.98 Å². The van der Waals surface area contributed by atoms with E-state index >= 15 is 0 Å². The highest BCUT2D eigenvalue weighted by Crippen LogP contribution is 2.20. The number of thiocarbonyl (C=S) groups is 1. The maximum atomic E-state index is 5.41. The summed E-state index contributed by atoms with van der Waals surface area (Å²) in [6.45, 7) is 2.92. The molecule has 0 spiro atoms. The van der Waals surface area contributed by atoms with Gasteiger partial charge in [0.2, 0.25) is 11.7 Å². The Labute approximate surface area is 165 Å². The average molecular weight is 433 g/mol. The number of hydrogen-bond donors (Lipinski definition) is 2. The van der Waals surface area contributed by atoms with Crippen molar-refractivity contribution < 1.29 is 9.26 Å². The van der Waals surface area contributed by atoms with Gasteiger partial charge in [0.25, 0.3) is 0 Å². The molecule has 0 saturated carbocycles. The smallest absolute Gasteiger partial charge is 0.246 e. The third-order valence-corrected chi connectivity index (χ3v) is 4.11. The van der Waals surface area contributed by atoms with Crippen LogP contribution in [0.15, 0.2) is 57.5 Å². The molecule has 0 aliphatic heterocycles. The van der Waals surface area contributed by atoms with Gasteiger partial charge in [-0.1, -0.05) is 33.2 Å². The van der Waals surface area contributed by atoms with Crippen LogP contribution >= 0.6 is 28.1 Å². The summed E-state index contributed by atoms with van der Waals surface area (Å²) in [5, 5.41) is 10.6. The lowest BCUT2D eigenvalue weighted by Crippen LogP contribution is -2.27. The van der Waals surface area contributed by atoms with Gasteiger partial charge < -0.3 is 19.9 Å². The zero-order valence-corrected chi connectivity index (χ0v) is 16.4. The minimum absolute atomic E-state index is 0.337. The molecule has 1 aromatic heterocycles. The number of nitrogens with one attached hydrogen (secondary N) is 2. The standard InChI is InChI=1S/C18H17BrN4O2S/c1-2-24-15-8-6-14(7-9-15)21-18(26)20-11-16-22-17(23-25-16)12-4-3-5-13(19)10-12/h3-10H,2,11H2,1H3,(H2,20,21,26). The monoisotopic (exact) mass is 432 g/mol. The lowest BCUT2D eigenvalue weighted by Gasteiger charge is -2.09. The van der Waals surface area contributed by atoms with Crippen LogP contribution in [0.3, 0.4) is 0 Å². The third kappa shape index (κ3) is 5.03. The van der Waals surface area contributed by atoms with Crippen molar-refractivity contribution in [3.63, 3.8) is 0 Å². The van der Waals surface area contributed by atoms with Gasteiger partial charge >= 0.3 is 0 Å². The number of hydrogen-bond acceptors (Lipinski definition) is 5. The van der Waals surface area contributed by atoms with Gasteiger partial charge in [0.15, 0.2) is 5.11 Å². The molecule has 3 rings (SSSR count). The first-order chi connectivity index (χ1) is 12.6. The summed E-state index contributed by atoms with van der Waals surface area (Å²) in [6.07, 6.45) is 0. The van der Waals surface area contributed by atoms with E-state index in [1.165, 1.54) is 0 Å². The number of anilines is 1. The first-order valence-electron chi connectivity index (χ1n) is 8.00. The van der Waals surface area contributed by atoms with Crippen LogP contribution in [0.4, 0.5) is 5.69 Å². The highest BCUT2D eigenvalue weighted by molar-refractivity contribution is 9.10. The van der Waals surface area contributed by atoms with Crippen molar-refractivity contribution in [3.05, 3.63) is 58.9 Å². The summed E-state index contributed by atoms with van der Waals surface area (Å²) in [4.78, 5) is 4.37. The van der Waals surface area contributed by atoms with E-state index in [2.05, 4.69) is 36.7 Å². The molecular formula is C18H17BrN4O2S. The quantitative estimate of drug-likeness (QED) is 0.559. The van der Waals surface area contributed by atoms with Crippen LogP contribution < -0.4 is 15.4 Å². The molecule has 0 aliphatic carbocycles. The predicted molar refractivity (Wildman–Crippen MR) is 108 cm³/mol. The summed E-state index contributed by atoms with van der Waals surface area (Å²) >= 11 is 8.72. The van der Waals surface area contributed by atoms with Crippen LogP contribution in [0.1, 0.15) is 12.8 Å². The van der Waals surface area contributed by atoms with Crippen molar-refractivity contribution in [2.24, 2.45) is 0 Å². The topological polar surface area (TPSA) is 72.2 Å². The summed E-state index contributed by atoms with van der Waals surface area (Å²) in [7, 11) is 0. The molecule has 2 aromatic carbocycles. The molecule has 1 heterocycles. The van der Waals surface area contributed by atoms with Crippen molar-refractivity contribution in [1.82, 2.24) is 15.5 Å². The van der Waals surface area contributed by atoms with Gasteiger partial charge in [0.05, 0.1) is 13.2 Å². The molecule has 134 valence electrons. The Kier molecular flexibility index (Phi) is 6.19. The second-order valence-corrected chi connectivity index (χ2v) is 6.61. The Morgan fingerprint density at radius 3 is 2.77 bits per heavy atom. The summed E-state index contributed by atoms with van der Waals surface area (Å²) in [5.74, 6) is 1.81. The highest BCUT2D eigenvalue weighted by atomic mass is 79.9. The van der Waals surface area contributed by atoms with E-state index in [-0.39, 0.29) is 0 Å². The van der Waals surface area contributed by atoms with Gasteiger partial charge in [0, 0.05) is 15.7 Å². The van der Waals surface area contributed by atoms with Crippen LogP contribution in [0.2, 0.25) is 0 Å². The molecule has 8 heteroatoms. The first kappa shape index (κ1) is 18.3. The molecule has 6 nitrogen and oxygen atoms in total. The molecule has 0 amide bonds. The molecule has 0 fully saturated rings. The molecule has 3 aromatic rings. The van der Waals surface area contributed by atoms with E-state index in [1.807, 2.05) is 55.5 Å². The minimum atomic E-state index is 0.337. The number of nitrogens with zero attached hydrogens (tertiary/aromatic N) is 2. The second-order valence-electron chi connectivity index (χ2n) is 5.29. The van der Waals surface area contributed by atoms with E-state index in [1.54, 1.807) is 0 Å². The zero-order chi connectivity index (χ0) is 18.4. The van der Waals surface area contributed by atoms with Crippen molar-refractivity contribution >= 4 is 38.9 Å². The fraction of sp³-hybridized carbons (Fsp3) is 0.167. The Morgan fingerprint density at radius 1 is 1.23 bits per heavy atom. The lowest BCUT2D eigenvalue weighted by molar-refractivity contribution is 0.340. The third-order valence-electron chi connectivity index (χ3n) is 3.37. The van der Waals surface area contributed by atoms with Crippen LogP contribution in [0, 0.1) is 0 Å². The van der Waals surface area contributed by atoms with E-state index in [4.69, 9.17) is 21.5 Å². The van der Waals surface area contributed by atoms with Gasteiger partial charge in [-0.15, -0.1) is 0 Å². The summed E-state index contributed by atoms with van der Waals surface area (Å²) in [5.41, 5.74) is 1.75. The Balaban J connectivity index is 1.53. The number of benzene rings is 2. The second kappa shape index (κ2) is 8.77. The molecule has 2 N–H and O–H groups in total. The van der Waals surface area contributed by atoms with Gasteiger partial charge in [-0.05, 0) is 55.5 Å². The maximum absolute atomic E-state index is 5.41. The largest absolute Gasteiger partial charge is 0.494 e. The zero-order valence-electron chi connectivity index (χ0n) is 14.0. The fourth-order valence-electron chi connectivity index (χ4n) is 2.20. The summed E-state index contributed by atoms with van der Waals surface area (Å²) in [6, 6.07) is 15.3. The molecule has 0 atom stereocenters. The van der Waals surface area contributed by atoms with Crippen molar-refractivity contribution in [1.29, 1.82) is 0 Å². The molecule has 0 aliphatic rings. The number of aromatic nitrogens is 2. The van der Waals surface area contributed by atoms with Crippen molar-refractivity contribution in [3.8, 4) is 17.1 Å². The van der Waals surface area contributed by atoms with Crippen LogP contribution in [-0.2, 0) is 6.54 Å². The van der Waals surface area contributed by atoms with Gasteiger partial charge in [-0.25, -0.2) is 0 Å². The van der Waals surface area contributed by atoms with E-state index < -0.39 is 0 Å². The number of halogens is 1. The lowest BCUT2D eigenvalue weighted by atomic mass is 10.2. The van der Waals surface area contributed by atoms with Gasteiger partial charge in [-0.3, -0.25) is 0 Å². The molecule has 0 saturated heterocycles.